The van der Waals surface area contributed by atoms with Gasteiger partial charge in [0, 0.05) is 26.7 Å². The number of hydrogen-bond acceptors (Lipinski definition) is 4. The standard InChI is InChI=1S/C16H27ClN4/c1-4-8-18-10-15-14(17)5-6-16(19-15)21(3)12-13-7-9-20(2)11-13/h5-6,13,18H,4,7-12H2,1-3H3. The molecule has 0 aromatic carbocycles. The van der Waals surface area contributed by atoms with Crippen LogP contribution in [0.1, 0.15) is 25.5 Å². The second-order valence-electron chi connectivity index (χ2n) is 6.07. The van der Waals surface area contributed by atoms with Crippen LogP contribution in [0.4, 0.5) is 5.82 Å². The van der Waals surface area contributed by atoms with Gasteiger partial charge in [0.05, 0.1) is 10.7 Å². The van der Waals surface area contributed by atoms with E-state index in [4.69, 9.17) is 16.6 Å². The van der Waals surface area contributed by atoms with Crippen LogP contribution in [0.3, 0.4) is 0 Å². The van der Waals surface area contributed by atoms with E-state index in [0.29, 0.717) is 0 Å². The van der Waals surface area contributed by atoms with E-state index in [1.807, 2.05) is 12.1 Å². The number of likely N-dealkylation sites (tertiary alicyclic amines) is 1. The Balaban J connectivity index is 1.96. The van der Waals surface area contributed by atoms with Gasteiger partial charge in [-0.2, -0.15) is 0 Å². The molecule has 1 unspecified atom stereocenters. The predicted octanol–water partition coefficient (Wildman–Crippen LogP) is 2.62. The van der Waals surface area contributed by atoms with Crippen LogP contribution in [0.15, 0.2) is 12.1 Å². The van der Waals surface area contributed by atoms with Crippen LogP contribution in [0.25, 0.3) is 0 Å². The van der Waals surface area contributed by atoms with Crippen molar-refractivity contribution in [3.63, 3.8) is 0 Å². The highest BCUT2D eigenvalue weighted by Crippen LogP contribution is 2.21. The van der Waals surface area contributed by atoms with Crippen molar-refractivity contribution in [2.45, 2.75) is 26.3 Å². The Morgan fingerprint density at radius 1 is 1.48 bits per heavy atom. The molecule has 1 aromatic heterocycles. The number of nitrogens with zero attached hydrogens (tertiary/aromatic N) is 3. The second-order valence-corrected chi connectivity index (χ2v) is 6.48. The van der Waals surface area contributed by atoms with E-state index in [1.165, 1.54) is 19.5 Å². The zero-order chi connectivity index (χ0) is 15.2. The Morgan fingerprint density at radius 3 is 2.95 bits per heavy atom. The lowest BCUT2D eigenvalue weighted by Gasteiger charge is -2.23. The van der Waals surface area contributed by atoms with Gasteiger partial charge in [-0.1, -0.05) is 18.5 Å². The van der Waals surface area contributed by atoms with Crippen LogP contribution >= 0.6 is 11.6 Å². The van der Waals surface area contributed by atoms with Crippen molar-refractivity contribution in [2.75, 3.05) is 45.2 Å². The SMILES string of the molecule is CCCNCc1nc(N(C)CC2CCN(C)C2)ccc1Cl. The van der Waals surface area contributed by atoms with Gasteiger partial charge in [0.1, 0.15) is 5.82 Å². The molecule has 0 radical (unpaired) electrons. The molecule has 1 atom stereocenters. The molecule has 4 nitrogen and oxygen atoms in total. The van der Waals surface area contributed by atoms with Crippen LogP contribution in [-0.2, 0) is 6.54 Å². The summed E-state index contributed by atoms with van der Waals surface area (Å²) in [6.07, 6.45) is 2.39. The Hall–Kier alpha value is -0.840. The molecule has 0 saturated carbocycles. The van der Waals surface area contributed by atoms with Crippen molar-refractivity contribution < 1.29 is 0 Å². The minimum Gasteiger partial charge on any atom is -0.359 e. The summed E-state index contributed by atoms with van der Waals surface area (Å²) < 4.78 is 0. The van der Waals surface area contributed by atoms with Crippen LogP contribution < -0.4 is 10.2 Å². The largest absolute Gasteiger partial charge is 0.359 e. The molecule has 2 heterocycles. The van der Waals surface area contributed by atoms with Crippen LogP contribution in [0, 0.1) is 5.92 Å². The van der Waals surface area contributed by atoms with Crippen molar-refractivity contribution in [2.24, 2.45) is 5.92 Å². The van der Waals surface area contributed by atoms with E-state index < -0.39 is 0 Å². The number of rotatable bonds is 7. The molecule has 0 bridgehead atoms. The van der Waals surface area contributed by atoms with Gasteiger partial charge in [0.2, 0.25) is 0 Å². The lowest BCUT2D eigenvalue weighted by atomic mass is 10.1. The third-order valence-electron chi connectivity index (χ3n) is 4.04. The minimum absolute atomic E-state index is 0.735. The lowest BCUT2D eigenvalue weighted by Crippen LogP contribution is -2.28. The fourth-order valence-electron chi connectivity index (χ4n) is 2.85. The van der Waals surface area contributed by atoms with Gasteiger partial charge in [-0.15, -0.1) is 0 Å². The molecule has 5 heteroatoms. The highest BCUT2D eigenvalue weighted by atomic mass is 35.5. The monoisotopic (exact) mass is 310 g/mol. The number of anilines is 1. The lowest BCUT2D eigenvalue weighted by molar-refractivity contribution is 0.395. The normalized spacial score (nSPS) is 19.1. The summed E-state index contributed by atoms with van der Waals surface area (Å²) in [5, 5.41) is 4.11. The van der Waals surface area contributed by atoms with Gasteiger partial charge in [0.25, 0.3) is 0 Å². The molecular weight excluding hydrogens is 284 g/mol. The molecule has 1 saturated heterocycles. The molecular formula is C16H27ClN4. The first-order valence-electron chi connectivity index (χ1n) is 7.86. The van der Waals surface area contributed by atoms with Gasteiger partial charge < -0.3 is 15.1 Å². The van der Waals surface area contributed by atoms with Gasteiger partial charge in [-0.05, 0) is 51.0 Å². The molecule has 1 aromatic rings. The maximum Gasteiger partial charge on any atom is 0.128 e. The summed E-state index contributed by atoms with van der Waals surface area (Å²) in [7, 11) is 4.32. The second kappa shape index (κ2) is 7.97. The van der Waals surface area contributed by atoms with Crippen LogP contribution in [0.5, 0.6) is 0 Å². The maximum absolute atomic E-state index is 6.24. The van der Waals surface area contributed by atoms with Gasteiger partial charge in [-0.3, -0.25) is 0 Å². The number of aromatic nitrogens is 1. The zero-order valence-electron chi connectivity index (χ0n) is 13.4. The first-order chi connectivity index (χ1) is 10.1. The molecule has 1 aliphatic heterocycles. The van der Waals surface area contributed by atoms with Crippen LogP contribution in [0.2, 0.25) is 5.02 Å². The fourth-order valence-corrected chi connectivity index (χ4v) is 3.02. The Morgan fingerprint density at radius 2 is 2.29 bits per heavy atom. The number of hydrogen-bond donors (Lipinski definition) is 1. The maximum atomic E-state index is 6.24. The molecule has 0 aliphatic carbocycles. The van der Waals surface area contributed by atoms with Gasteiger partial charge in [-0.25, -0.2) is 4.98 Å². The summed E-state index contributed by atoms with van der Waals surface area (Å²) in [5.74, 6) is 1.75. The summed E-state index contributed by atoms with van der Waals surface area (Å²) >= 11 is 6.24. The van der Waals surface area contributed by atoms with Gasteiger partial charge >= 0.3 is 0 Å². The summed E-state index contributed by atoms with van der Waals surface area (Å²) in [6, 6.07) is 3.98. The number of nitrogens with one attached hydrogen (secondary N) is 1. The van der Waals surface area contributed by atoms with Gasteiger partial charge in [0.15, 0.2) is 0 Å². The van der Waals surface area contributed by atoms with E-state index in [-0.39, 0.29) is 0 Å². The quantitative estimate of drug-likeness (QED) is 0.785. The fraction of sp³-hybridized carbons (Fsp3) is 0.688. The molecule has 2 rings (SSSR count). The highest BCUT2D eigenvalue weighted by Gasteiger charge is 2.21. The zero-order valence-corrected chi connectivity index (χ0v) is 14.2. The third-order valence-corrected chi connectivity index (χ3v) is 4.38. The Kier molecular flexibility index (Phi) is 6.27. The molecule has 0 amide bonds. The minimum atomic E-state index is 0.735. The average molecular weight is 311 g/mol. The summed E-state index contributed by atoms with van der Waals surface area (Å²) in [5.41, 5.74) is 0.943. The predicted molar refractivity (Wildman–Crippen MR) is 90.1 cm³/mol. The first-order valence-corrected chi connectivity index (χ1v) is 8.23. The van der Waals surface area contributed by atoms with Crippen molar-refractivity contribution in [1.82, 2.24) is 15.2 Å². The molecule has 1 N–H and O–H groups in total. The molecule has 1 fully saturated rings. The van der Waals surface area contributed by atoms with Crippen molar-refractivity contribution >= 4 is 17.4 Å². The van der Waals surface area contributed by atoms with E-state index in [2.05, 4.69) is 36.1 Å². The van der Waals surface area contributed by atoms with E-state index in [9.17, 15) is 0 Å². The van der Waals surface area contributed by atoms with Crippen molar-refractivity contribution in [3.05, 3.63) is 22.8 Å². The topological polar surface area (TPSA) is 31.4 Å². The van der Waals surface area contributed by atoms with Crippen LogP contribution in [-0.4, -0.2) is 50.2 Å². The molecule has 21 heavy (non-hydrogen) atoms. The number of pyridine rings is 1. The van der Waals surface area contributed by atoms with Crippen molar-refractivity contribution in [3.8, 4) is 0 Å². The van der Waals surface area contributed by atoms with Crippen molar-refractivity contribution in [1.29, 1.82) is 0 Å². The summed E-state index contributed by atoms with van der Waals surface area (Å²) in [4.78, 5) is 9.37. The molecule has 118 valence electrons. The average Bonchev–Trinajstić information content (AvgIpc) is 2.86. The smallest absolute Gasteiger partial charge is 0.128 e. The first kappa shape index (κ1) is 16.5. The number of halogens is 1. The van der Waals surface area contributed by atoms with E-state index in [0.717, 1.165) is 48.5 Å². The van der Waals surface area contributed by atoms with E-state index in [1.54, 1.807) is 0 Å². The van der Waals surface area contributed by atoms with E-state index >= 15 is 0 Å². The molecule has 1 aliphatic rings. The Labute approximate surface area is 133 Å². The third kappa shape index (κ3) is 4.83. The Bertz CT molecular complexity index is 452. The highest BCUT2D eigenvalue weighted by molar-refractivity contribution is 6.31. The summed E-state index contributed by atoms with van der Waals surface area (Å²) in [6.45, 7) is 7.33. The molecule has 0 spiro atoms.